The zero-order chi connectivity index (χ0) is 16.0. The first-order chi connectivity index (χ1) is 11.2. The van der Waals surface area contributed by atoms with Crippen LogP contribution in [0.2, 0.25) is 0 Å². The number of aryl methyl sites for hydroxylation is 1. The Morgan fingerprint density at radius 3 is 3.00 bits per heavy atom. The number of nitrogens with zero attached hydrogens (tertiary/aromatic N) is 3. The second kappa shape index (κ2) is 5.25. The highest BCUT2D eigenvalue weighted by molar-refractivity contribution is 7.16. The van der Waals surface area contributed by atoms with Crippen LogP contribution in [0.3, 0.4) is 0 Å². The molecule has 0 unspecified atom stereocenters. The number of para-hydroxylation sites is 1. The lowest BCUT2D eigenvalue weighted by Gasteiger charge is -2.30. The molecule has 4 nitrogen and oxygen atoms in total. The molecule has 2 N–H and O–H groups in total. The SMILES string of the molecule is Cc1cc(N2CCc3c(sc(N)c3C#N)C2)c2ccccc2n1. The lowest BCUT2D eigenvalue weighted by Crippen LogP contribution is -2.30. The molecule has 1 aliphatic rings. The van der Waals surface area contributed by atoms with Gasteiger partial charge in [0.25, 0.3) is 0 Å². The first kappa shape index (κ1) is 14.0. The topological polar surface area (TPSA) is 65.9 Å². The van der Waals surface area contributed by atoms with E-state index in [1.807, 2.05) is 13.0 Å². The van der Waals surface area contributed by atoms with Crippen LogP contribution < -0.4 is 10.6 Å². The maximum atomic E-state index is 9.28. The third-order valence-electron chi connectivity index (χ3n) is 4.36. The number of aromatic nitrogens is 1. The molecule has 3 heterocycles. The Hall–Kier alpha value is -2.58. The van der Waals surface area contributed by atoms with E-state index in [4.69, 9.17) is 5.73 Å². The maximum absolute atomic E-state index is 9.28. The summed E-state index contributed by atoms with van der Waals surface area (Å²) < 4.78 is 0. The van der Waals surface area contributed by atoms with Crippen LogP contribution in [0.15, 0.2) is 30.3 Å². The standard InChI is InChI=1S/C18H16N4S/c1-11-8-16(13-4-2-3-5-15(13)21-11)22-7-6-12-14(9-19)18(20)23-17(12)10-22/h2-5,8H,6-7,10,20H2,1H3. The molecule has 0 bridgehead atoms. The smallest absolute Gasteiger partial charge is 0.104 e. The Balaban J connectivity index is 1.80. The van der Waals surface area contributed by atoms with Crippen molar-refractivity contribution in [2.24, 2.45) is 0 Å². The van der Waals surface area contributed by atoms with Crippen molar-refractivity contribution in [3.63, 3.8) is 0 Å². The third-order valence-corrected chi connectivity index (χ3v) is 5.40. The third kappa shape index (κ3) is 2.23. The lowest BCUT2D eigenvalue weighted by atomic mass is 10.0. The molecule has 2 aromatic heterocycles. The van der Waals surface area contributed by atoms with E-state index in [9.17, 15) is 5.26 Å². The molecule has 4 rings (SSSR count). The van der Waals surface area contributed by atoms with Crippen molar-refractivity contribution in [2.75, 3.05) is 17.2 Å². The monoisotopic (exact) mass is 320 g/mol. The van der Waals surface area contributed by atoms with Gasteiger partial charge in [0.2, 0.25) is 0 Å². The molecule has 0 aliphatic carbocycles. The molecule has 0 fully saturated rings. The second-order valence-electron chi connectivity index (χ2n) is 5.83. The summed E-state index contributed by atoms with van der Waals surface area (Å²) in [5.74, 6) is 0. The quantitative estimate of drug-likeness (QED) is 0.743. The zero-order valence-corrected chi connectivity index (χ0v) is 13.7. The molecular formula is C18H16N4S. The fourth-order valence-electron chi connectivity index (χ4n) is 3.30. The Labute approximate surface area is 138 Å². The summed E-state index contributed by atoms with van der Waals surface area (Å²) >= 11 is 1.55. The first-order valence-electron chi connectivity index (χ1n) is 7.59. The molecule has 0 radical (unpaired) electrons. The number of nitriles is 1. The minimum absolute atomic E-state index is 0.648. The number of anilines is 2. The molecule has 1 aromatic carbocycles. The van der Waals surface area contributed by atoms with E-state index in [2.05, 4.69) is 40.2 Å². The minimum atomic E-state index is 0.648. The number of hydrogen-bond acceptors (Lipinski definition) is 5. The average molecular weight is 320 g/mol. The van der Waals surface area contributed by atoms with Crippen LogP contribution in [0.5, 0.6) is 0 Å². The summed E-state index contributed by atoms with van der Waals surface area (Å²) in [4.78, 5) is 8.20. The van der Waals surface area contributed by atoms with Gasteiger partial charge in [-0.2, -0.15) is 5.26 Å². The molecule has 0 saturated carbocycles. The molecular weight excluding hydrogens is 304 g/mol. The molecule has 5 heteroatoms. The highest BCUT2D eigenvalue weighted by Gasteiger charge is 2.24. The fraction of sp³-hybridized carbons (Fsp3) is 0.222. The number of nitrogen functional groups attached to an aromatic ring is 1. The van der Waals surface area contributed by atoms with Gasteiger partial charge in [0.15, 0.2) is 0 Å². The Morgan fingerprint density at radius 2 is 2.17 bits per heavy atom. The molecule has 1 aliphatic heterocycles. The normalized spacial score (nSPS) is 13.8. The fourth-order valence-corrected chi connectivity index (χ4v) is 4.38. The van der Waals surface area contributed by atoms with Gasteiger partial charge in [0.1, 0.15) is 11.1 Å². The summed E-state index contributed by atoms with van der Waals surface area (Å²) in [5.41, 5.74) is 11.1. The summed E-state index contributed by atoms with van der Waals surface area (Å²) in [7, 11) is 0. The first-order valence-corrected chi connectivity index (χ1v) is 8.40. The summed E-state index contributed by atoms with van der Waals surface area (Å²) in [5, 5.41) is 11.1. The Morgan fingerprint density at radius 1 is 1.35 bits per heavy atom. The largest absolute Gasteiger partial charge is 0.389 e. The van der Waals surface area contributed by atoms with E-state index < -0.39 is 0 Å². The van der Waals surface area contributed by atoms with Crippen LogP contribution in [-0.2, 0) is 13.0 Å². The Kier molecular flexibility index (Phi) is 3.21. The zero-order valence-electron chi connectivity index (χ0n) is 12.8. The highest BCUT2D eigenvalue weighted by atomic mass is 32.1. The van der Waals surface area contributed by atoms with Crippen molar-refractivity contribution in [2.45, 2.75) is 19.9 Å². The lowest BCUT2D eigenvalue weighted by molar-refractivity contribution is 0.745. The van der Waals surface area contributed by atoms with Crippen molar-refractivity contribution >= 4 is 32.9 Å². The van der Waals surface area contributed by atoms with Gasteiger partial charge in [-0.15, -0.1) is 11.3 Å². The molecule has 0 amide bonds. The molecule has 3 aromatic rings. The van der Waals surface area contributed by atoms with Gasteiger partial charge in [-0.25, -0.2) is 0 Å². The number of fused-ring (bicyclic) bond motifs is 2. The van der Waals surface area contributed by atoms with E-state index in [-0.39, 0.29) is 0 Å². The van der Waals surface area contributed by atoms with Crippen LogP contribution in [0, 0.1) is 18.3 Å². The maximum Gasteiger partial charge on any atom is 0.104 e. The van der Waals surface area contributed by atoms with Crippen molar-refractivity contribution in [3.05, 3.63) is 52.0 Å². The molecule has 114 valence electrons. The van der Waals surface area contributed by atoms with Gasteiger partial charge in [0, 0.05) is 28.2 Å². The van der Waals surface area contributed by atoms with Gasteiger partial charge < -0.3 is 10.6 Å². The van der Waals surface area contributed by atoms with E-state index in [0.29, 0.717) is 10.6 Å². The number of hydrogen-bond donors (Lipinski definition) is 1. The predicted octanol–water partition coefficient (Wildman–Crippen LogP) is 3.62. The van der Waals surface area contributed by atoms with Crippen LogP contribution in [0.1, 0.15) is 21.7 Å². The van der Waals surface area contributed by atoms with Gasteiger partial charge in [-0.1, -0.05) is 18.2 Å². The van der Waals surface area contributed by atoms with Gasteiger partial charge in [-0.05, 0) is 31.0 Å². The molecule has 0 spiro atoms. The summed E-state index contributed by atoms with van der Waals surface area (Å²) in [6, 6.07) is 12.6. The number of benzene rings is 1. The number of pyridine rings is 1. The van der Waals surface area contributed by atoms with E-state index in [1.165, 1.54) is 16.0 Å². The predicted molar refractivity (Wildman–Crippen MR) is 94.7 cm³/mol. The molecule has 0 saturated heterocycles. The summed E-state index contributed by atoms with van der Waals surface area (Å²) in [6.07, 6.45) is 0.863. The van der Waals surface area contributed by atoms with Crippen molar-refractivity contribution in [1.29, 1.82) is 5.26 Å². The van der Waals surface area contributed by atoms with Gasteiger partial charge >= 0.3 is 0 Å². The van der Waals surface area contributed by atoms with Crippen LogP contribution in [-0.4, -0.2) is 11.5 Å². The molecule has 0 atom stereocenters. The molecule has 23 heavy (non-hydrogen) atoms. The number of rotatable bonds is 1. The van der Waals surface area contributed by atoms with Crippen LogP contribution in [0.25, 0.3) is 10.9 Å². The Bertz CT molecular complexity index is 952. The van der Waals surface area contributed by atoms with E-state index >= 15 is 0 Å². The van der Waals surface area contributed by atoms with Crippen molar-refractivity contribution in [3.8, 4) is 6.07 Å². The van der Waals surface area contributed by atoms with E-state index in [1.54, 1.807) is 11.3 Å². The van der Waals surface area contributed by atoms with Crippen molar-refractivity contribution in [1.82, 2.24) is 4.98 Å². The van der Waals surface area contributed by atoms with Crippen molar-refractivity contribution < 1.29 is 0 Å². The highest BCUT2D eigenvalue weighted by Crippen LogP contribution is 2.37. The van der Waals surface area contributed by atoms with Crippen LogP contribution in [0.4, 0.5) is 10.7 Å². The number of nitrogens with two attached hydrogens (primary N) is 1. The van der Waals surface area contributed by atoms with Gasteiger partial charge in [-0.3, -0.25) is 4.98 Å². The minimum Gasteiger partial charge on any atom is -0.389 e. The second-order valence-corrected chi connectivity index (χ2v) is 6.96. The number of thiophene rings is 1. The average Bonchev–Trinajstić information content (AvgIpc) is 2.88. The van der Waals surface area contributed by atoms with Crippen LogP contribution >= 0.6 is 11.3 Å². The summed E-state index contributed by atoms with van der Waals surface area (Å²) in [6.45, 7) is 3.73. The van der Waals surface area contributed by atoms with E-state index in [0.717, 1.165) is 36.3 Å². The van der Waals surface area contributed by atoms with Gasteiger partial charge in [0.05, 0.1) is 17.6 Å².